The van der Waals surface area contributed by atoms with Gasteiger partial charge >= 0.3 is 0 Å². The lowest BCUT2D eigenvalue weighted by atomic mass is 10.2. The molecule has 0 amide bonds. The average molecular weight is 362 g/mol. The van der Waals surface area contributed by atoms with Crippen LogP contribution in [-0.2, 0) is 10.0 Å². The van der Waals surface area contributed by atoms with Gasteiger partial charge < -0.3 is 9.47 Å². The van der Waals surface area contributed by atoms with Gasteiger partial charge in [-0.05, 0) is 61.7 Å². The molecule has 0 saturated heterocycles. The number of nitrogens with one attached hydrogen (secondary N) is 1. The minimum absolute atomic E-state index is 0.217. The molecule has 0 aliphatic rings. The van der Waals surface area contributed by atoms with E-state index in [0.29, 0.717) is 29.2 Å². The smallest absolute Gasteiger partial charge is 0.276 e. The summed E-state index contributed by atoms with van der Waals surface area (Å²) in [5, 5.41) is 3.86. The molecule has 0 saturated carbocycles. The van der Waals surface area contributed by atoms with E-state index in [-0.39, 0.29) is 4.90 Å². The Balaban J connectivity index is 2.20. The van der Waals surface area contributed by atoms with Crippen LogP contribution in [0.25, 0.3) is 0 Å². The van der Waals surface area contributed by atoms with Gasteiger partial charge in [0.15, 0.2) is 11.5 Å². The topological polar surface area (TPSA) is 77.0 Å². The number of hydrazone groups is 1. The zero-order valence-electron chi connectivity index (χ0n) is 14.7. The summed E-state index contributed by atoms with van der Waals surface area (Å²) in [6.45, 7) is 5.96. The van der Waals surface area contributed by atoms with Crippen molar-refractivity contribution in [2.45, 2.75) is 25.7 Å². The van der Waals surface area contributed by atoms with Crippen molar-refractivity contribution in [2.24, 2.45) is 5.10 Å². The van der Waals surface area contributed by atoms with Crippen molar-refractivity contribution in [3.63, 3.8) is 0 Å². The molecule has 0 fully saturated rings. The molecule has 0 unspecified atom stereocenters. The Morgan fingerprint density at radius 1 is 1.12 bits per heavy atom. The summed E-state index contributed by atoms with van der Waals surface area (Å²) >= 11 is 0. The van der Waals surface area contributed by atoms with Gasteiger partial charge in [0.2, 0.25) is 0 Å². The number of methoxy groups -OCH3 is 1. The lowest BCUT2D eigenvalue weighted by Gasteiger charge is -2.10. The van der Waals surface area contributed by atoms with Crippen LogP contribution in [0.15, 0.2) is 46.4 Å². The summed E-state index contributed by atoms with van der Waals surface area (Å²) in [6, 6.07) is 10.5. The van der Waals surface area contributed by atoms with Crippen molar-refractivity contribution in [1.29, 1.82) is 0 Å². The molecular formula is C18H22N2O4S. The lowest BCUT2D eigenvalue weighted by molar-refractivity contribution is 0.311. The Hall–Kier alpha value is -2.54. The molecule has 2 aromatic carbocycles. The third-order valence-electron chi connectivity index (χ3n) is 3.51. The Morgan fingerprint density at radius 2 is 1.88 bits per heavy atom. The molecule has 6 nitrogen and oxygen atoms in total. The van der Waals surface area contributed by atoms with Gasteiger partial charge in [-0.3, -0.25) is 0 Å². The van der Waals surface area contributed by atoms with Crippen LogP contribution in [0.1, 0.15) is 23.6 Å². The molecule has 134 valence electrons. The first kappa shape index (κ1) is 18.8. The van der Waals surface area contributed by atoms with Crippen molar-refractivity contribution in [3.05, 3.63) is 53.1 Å². The van der Waals surface area contributed by atoms with Crippen molar-refractivity contribution in [2.75, 3.05) is 13.7 Å². The van der Waals surface area contributed by atoms with E-state index in [9.17, 15) is 8.42 Å². The summed E-state index contributed by atoms with van der Waals surface area (Å²) in [5.74, 6) is 1.18. The first-order valence-electron chi connectivity index (χ1n) is 7.80. The van der Waals surface area contributed by atoms with Crippen molar-refractivity contribution in [3.8, 4) is 11.5 Å². The Kier molecular flexibility index (Phi) is 6.03. The van der Waals surface area contributed by atoms with Crippen LogP contribution in [0.5, 0.6) is 11.5 Å². The predicted octanol–water partition coefficient (Wildman–Crippen LogP) is 3.02. The van der Waals surface area contributed by atoms with Gasteiger partial charge in [0.25, 0.3) is 10.0 Å². The minimum Gasteiger partial charge on any atom is -0.493 e. The molecule has 0 aliphatic carbocycles. The van der Waals surface area contributed by atoms with E-state index in [1.54, 1.807) is 44.4 Å². The van der Waals surface area contributed by atoms with Gasteiger partial charge in [-0.2, -0.15) is 13.5 Å². The van der Waals surface area contributed by atoms with E-state index in [1.807, 2.05) is 19.9 Å². The maximum Gasteiger partial charge on any atom is 0.276 e. The molecule has 0 aromatic heterocycles. The molecule has 0 atom stereocenters. The van der Waals surface area contributed by atoms with Gasteiger partial charge in [0.05, 0.1) is 24.8 Å². The summed E-state index contributed by atoms with van der Waals surface area (Å²) in [6.07, 6.45) is 1.42. The van der Waals surface area contributed by atoms with Crippen LogP contribution < -0.4 is 14.3 Å². The summed E-state index contributed by atoms with van der Waals surface area (Å²) < 4.78 is 35.5. The van der Waals surface area contributed by atoms with Crippen LogP contribution >= 0.6 is 0 Å². The lowest BCUT2D eigenvalue weighted by Crippen LogP contribution is -2.19. The van der Waals surface area contributed by atoms with E-state index in [1.165, 1.54) is 6.21 Å². The van der Waals surface area contributed by atoms with Gasteiger partial charge in [-0.1, -0.05) is 12.1 Å². The second-order valence-corrected chi connectivity index (χ2v) is 7.09. The van der Waals surface area contributed by atoms with E-state index < -0.39 is 10.0 Å². The number of hydrogen-bond donors (Lipinski definition) is 1. The van der Waals surface area contributed by atoms with E-state index in [0.717, 1.165) is 5.56 Å². The molecule has 0 spiro atoms. The highest BCUT2D eigenvalue weighted by Gasteiger charge is 2.15. The Bertz CT molecular complexity index is 877. The molecule has 2 rings (SSSR count). The summed E-state index contributed by atoms with van der Waals surface area (Å²) in [7, 11) is -2.16. The Morgan fingerprint density at radius 3 is 2.56 bits per heavy atom. The van der Waals surface area contributed by atoms with Gasteiger partial charge in [-0.25, -0.2) is 4.83 Å². The van der Waals surface area contributed by atoms with Gasteiger partial charge in [0, 0.05) is 0 Å². The summed E-state index contributed by atoms with van der Waals surface area (Å²) in [4.78, 5) is 2.46. The zero-order chi connectivity index (χ0) is 18.4. The zero-order valence-corrected chi connectivity index (χ0v) is 15.6. The number of rotatable bonds is 7. The van der Waals surface area contributed by atoms with E-state index in [4.69, 9.17) is 9.47 Å². The fourth-order valence-corrected chi connectivity index (χ4v) is 3.38. The second-order valence-electron chi connectivity index (χ2n) is 5.47. The highest BCUT2D eigenvalue weighted by molar-refractivity contribution is 7.89. The minimum atomic E-state index is -3.72. The first-order valence-corrected chi connectivity index (χ1v) is 9.28. The van der Waals surface area contributed by atoms with Crippen LogP contribution in [0.3, 0.4) is 0 Å². The second kappa shape index (κ2) is 8.02. The molecule has 0 radical (unpaired) electrons. The fraction of sp³-hybridized carbons (Fsp3) is 0.278. The van der Waals surface area contributed by atoms with Crippen molar-refractivity contribution >= 4 is 16.2 Å². The number of sulfonamides is 1. The molecule has 2 aromatic rings. The maximum atomic E-state index is 12.4. The third-order valence-corrected chi connectivity index (χ3v) is 4.87. The highest BCUT2D eigenvalue weighted by atomic mass is 32.2. The van der Waals surface area contributed by atoms with Gasteiger partial charge in [0.1, 0.15) is 0 Å². The normalized spacial score (nSPS) is 11.5. The molecule has 0 bridgehead atoms. The highest BCUT2D eigenvalue weighted by Crippen LogP contribution is 2.27. The number of nitrogens with zero attached hydrogens (tertiary/aromatic N) is 1. The average Bonchev–Trinajstić information content (AvgIpc) is 2.57. The number of aryl methyl sites for hydroxylation is 2. The van der Waals surface area contributed by atoms with Crippen molar-refractivity contribution in [1.82, 2.24) is 4.83 Å². The van der Waals surface area contributed by atoms with Gasteiger partial charge in [-0.15, -0.1) is 0 Å². The summed E-state index contributed by atoms with van der Waals surface area (Å²) in [5.41, 5.74) is 2.22. The third kappa shape index (κ3) is 4.73. The maximum absolute atomic E-state index is 12.4. The molecule has 0 aliphatic heterocycles. The first-order chi connectivity index (χ1) is 11.9. The Labute approximate surface area is 148 Å². The predicted molar refractivity (Wildman–Crippen MR) is 98.0 cm³/mol. The molecule has 1 N–H and O–H groups in total. The largest absolute Gasteiger partial charge is 0.493 e. The fourth-order valence-electron chi connectivity index (χ4n) is 2.26. The quantitative estimate of drug-likeness (QED) is 0.607. The molecule has 7 heteroatoms. The SMILES string of the molecule is CCOc1cc(/C=N\NS(=O)(=O)c2cc(C)ccc2C)ccc1OC. The standard InChI is InChI=1S/C18H22N2O4S/c1-5-24-17-11-15(8-9-16(17)23-4)12-19-20-25(21,22)18-10-13(2)6-7-14(18)3/h6-12,20H,5H2,1-4H3/b19-12-. The van der Waals surface area contributed by atoms with Crippen molar-refractivity contribution < 1.29 is 17.9 Å². The monoisotopic (exact) mass is 362 g/mol. The van der Waals surface area contributed by atoms with E-state index >= 15 is 0 Å². The number of benzene rings is 2. The van der Waals surface area contributed by atoms with Crippen LogP contribution in [-0.4, -0.2) is 28.3 Å². The number of hydrogen-bond acceptors (Lipinski definition) is 5. The molecule has 0 heterocycles. The molecular weight excluding hydrogens is 340 g/mol. The van der Waals surface area contributed by atoms with Crippen LogP contribution in [0.2, 0.25) is 0 Å². The van der Waals surface area contributed by atoms with E-state index in [2.05, 4.69) is 9.93 Å². The van der Waals surface area contributed by atoms with Crippen LogP contribution in [0, 0.1) is 13.8 Å². The van der Waals surface area contributed by atoms with Crippen LogP contribution in [0.4, 0.5) is 0 Å². The number of ether oxygens (including phenoxy) is 2. The molecule has 25 heavy (non-hydrogen) atoms.